The average molecular weight is 270 g/mol. The molecule has 0 amide bonds. The first-order valence-corrected chi connectivity index (χ1v) is 6.41. The predicted molar refractivity (Wildman–Crippen MR) is 63.1 cm³/mol. The lowest BCUT2D eigenvalue weighted by molar-refractivity contribution is -0.230. The van der Waals surface area contributed by atoms with Crippen molar-refractivity contribution in [2.45, 2.75) is 56.8 Å². The summed E-state index contributed by atoms with van der Waals surface area (Å²) in [4.78, 5) is 11.3. The summed E-state index contributed by atoms with van der Waals surface area (Å²) in [5.41, 5.74) is 0. The Bertz CT molecular complexity index is 404. The van der Waals surface area contributed by atoms with Crippen LogP contribution in [0.5, 0.6) is 0 Å². The van der Waals surface area contributed by atoms with Crippen LogP contribution < -0.4 is 0 Å². The monoisotopic (exact) mass is 270 g/mol. The molecule has 0 radical (unpaired) electrons. The summed E-state index contributed by atoms with van der Waals surface area (Å²) in [5, 5.41) is 0. The lowest BCUT2D eigenvalue weighted by atomic mass is 10.0. The normalized spacial score (nSPS) is 44.2. The minimum atomic E-state index is -0.680. The Kier molecular flexibility index (Phi) is 3.13. The molecule has 3 aliphatic heterocycles. The molecule has 0 aromatic carbocycles. The number of carbonyl (C=O) groups excluding carboxylic acids is 1. The van der Waals surface area contributed by atoms with Gasteiger partial charge in [0.15, 0.2) is 12.1 Å². The second-order valence-electron chi connectivity index (χ2n) is 5.38. The molecular weight excluding hydrogens is 252 g/mol. The maximum atomic E-state index is 11.3. The lowest BCUT2D eigenvalue weighted by Crippen LogP contribution is -2.44. The van der Waals surface area contributed by atoms with Crippen molar-refractivity contribution >= 4 is 5.97 Å². The fourth-order valence-corrected chi connectivity index (χ4v) is 2.81. The molecular formula is C13H18O6. The number of fused-ring (bicyclic) bond motifs is 1. The van der Waals surface area contributed by atoms with Crippen molar-refractivity contribution in [3.63, 3.8) is 0 Å². The van der Waals surface area contributed by atoms with Crippen molar-refractivity contribution in [3.8, 4) is 0 Å². The molecule has 5 atom stereocenters. The zero-order valence-electron chi connectivity index (χ0n) is 11.2. The van der Waals surface area contributed by atoms with Crippen LogP contribution in [0, 0.1) is 0 Å². The zero-order valence-corrected chi connectivity index (χ0v) is 11.2. The van der Waals surface area contributed by atoms with Gasteiger partial charge < -0.3 is 23.7 Å². The second-order valence-corrected chi connectivity index (χ2v) is 5.38. The van der Waals surface area contributed by atoms with Gasteiger partial charge in [0.2, 0.25) is 0 Å². The molecule has 6 heteroatoms. The minimum Gasteiger partial charge on any atom is -0.456 e. The number of esters is 1. The van der Waals surface area contributed by atoms with Gasteiger partial charge in [-0.3, -0.25) is 0 Å². The summed E-state index contributed by atoms with van der Waals surface area (Å²) in [6.45, 7) is 3.67. The third kappa shape index (κ3) is 2.29. The first-order chi connectivity index (χ1) is 9.00. The van der Waals surface area contributed by atoms with Crippen molar-refractivity contribution in [2.75, 3.05) is 7.11 Å². The van der Waals surface area contributed by atoms with Gasteiger partial charge in [0.05, 0.1) is 0 Å². The van der Waals surface area contributed by atoms with Gasteiger partial charge in [-0.05, 0) is 13.8 Å². The average Bonchev–Trinajstić information content (AvgIpc) is 2.80. The van der Waals surface area contributed by atoms with Crippen LogP contribution in [0.15, 0.2) is 12.2 Å². The van der Waals surface area contributed by atoms with Crippen LogP contribution in [-0.2, 0) is 28.5 Å². The van der Waals surface area contributed by atoms with Crippen molar-refractivity contribution < 1.29 is 28.5 Å². The first kappa shape index (κ1) is 13.1. The zero-order chi connectivity index (χ0) is 13.6. The first-order valence-electron chi connectivity index (χ1n) is 6.41. The number of cyclic esters (lactones) is 1. The molecule has 3 rings (SSSR count). The van der Waals surface area contributed by atoms with E-state index in [-0.39, 0.29) is 30.4 Å². The summed E-state index contributed by atoms with van der Waals surface area (Å²) in [5.74, 6) is -1.03. The van der Waals surface area contributed by atoms with E-state index < -0.39 is 12.1 Å². The van der Waals surface area contributed by atoms with E-state index in [1.807, 2.05) is 13.8 Å². The van der Waals surface area contributed by atoms with E-state index in [0.717, 1.165) is 0 Å². The molecule has 0 saturated carbocycles. The van der Waals surface area contributed by atoms with Crippen LogP contribution in [0.4, 0.5) is 0 Å². The van der Waals surface area contributed by atoms with E-state index in [1.165, 1.54) is 6.08 Å². The Morgan fingerprint density at radius 2 is 2.11 bits per heavy atom. The molecule has 19 heavy (non-hydrogen) atoms. The highest BCUT2D eigenvalue weighted by Gasteiger charge is 2.57. The predicted octanol–water partition coefficient (Wildman–Crippen LogP) is 0.749. The summed E-state index contributed by atoms with van der Waals surface area (Å²) < 4.78 is 28.0. The highest BCUT2D eigenvalue weighted by atomic mass is 16.8. The number of hydrogen-bond acceptors (Lipinski definition) is 6. The van der Waals surface area contributed by atoms with Crippen molar-refractivity contribution in [3.05, 3.63) is 12.2 Å². The van der Waals surface area contributed by atoms with Crippen LogP contribution in [-0.4, -0.2) is 49.6 Å². The van der Waals surface area contributed by atoms with E-state index in [9.17, 15) is 4.79 Å². The molecule has 6 nitrogen and oxygen atoms in total. The summed E-state index contributed by atoms with van der Waals surface area (Å²) in [6, 6.07) is 0. The van der Waals surface area contributed by atoms with Gasteiger partial charge in [0.1, 0.15) is 24.4 Å². The van der Waals surface area contributed by atoms with Gasteiger partial charge in [0.25, 0.3) is 0 Å². The summed E-state index contributed by atoms with van der Waals surface area (Å²) in [6.07, 6.45) is 2.00. The Labute approximate surface area is 111 Å². The van der Waals surface area contributed by atoms with Gasteiger partial charge in [-0.2, -0.15) is 0 Å². The van der Waals surface area contributed by atoms with Gasteiger partial charge in [-0.25, -0.2) is 4.79 Å². The van der Waals surface area contributed by atoms with Gasteiger partial charge in [-0.15, -0.1) is 0 Å². The third-order valence-corrected chi connectivity index (χ3v) is 3.56. The lowest BCUT2D eigenvalue weighted by Gasteiger charge is -2.30. The van der Waals surface area contributed by atoms with Gasteiger partial charge in [-0.1, -0.05) is 6.08 Å². The maximum absolute atomic E-state index is 11.3. The molecule has 0 aliphatic carbocycles. The van der Waals surface area contributed by atoms with Gasteiger partial charge in [0, 0.05) is 19.6 Å². The van der Waals surface area contributed by atoms with E-state index in [4.69, 9.17) is 23.7 Å². The largest absolute Gasteiger partial charge is 0.456 e. The number of ether oxygens (including phenoxy) is 5. The highest BCUT2D eigenvalue weighted by Crippen LogP contribution is 2.40. The van der Waals surface area contributed by atoms with Crippen LogP contribution in [0.1, 0.15) is 20.3 Å². The topological polar surface area (TPSA) is 63.2 Å². The highest BCUT2D eigenvalue weighted by molar-refractivity contribution is 5.82. The standard InChI is InChI=1S/C13H18O6/c1-13(2)18-11-10(15-3)9(17-12(11)19-13)7-5-4-6-8(14)16-7/h4,6-7,9-12H,5H2,1-3H3/t7-,9-,10+,11-,12-/m1/s1. The molecule has 0 unspecified atom stereocenters. The Balaban J connectivity index is 1.75. The van der Waals surface area contributed by atoms with Crippen molar-refractivity contribution in [2.24, 2.45) is 0 Å². The molecule has 0 aromatic rings. The fraction of sp³-hybridized carbons (Fsp3) is 0.769. The third-order valence-electron chi connectivity index (χ3n) is 3.56. The fourth-order valence-electron chi connectivity index (χ4n) is 2.81. The number of methoxy groups -OCH3 is 1. The molecule has 0 N–H and O–H groups in total. The molecule has 0 spiro atoms. The van der Waals surface area contributed by atoms with Crippen LogP contribution in [0.3, 0.4) is 0 Å². The van der Waals surface area contributed by atoms with E-state index in [1.54, 1.807) is 13.2 Å². The minimum absolute atomic E-state index is 0.297. The van der Waals surface area contributed by atoms with Gasteiger partial charge >= 0.3 is 5.97 Å². The molecule has 3 heterocycles. The van der Waals surface area contributed by atoms with Crippen molar-refractivity contribution in [1.82, 2.24) is 0 Å². The molecule has 0 bridgehead atoms. The number of rotatable bonds is 2. The van der Waals surface area contributed by atoms with Crippen LogP contribution >= 0.6 is 0 Å². The Hall–Kier alpha value is -0.950. The second kappa shape index (κ2) is 4.56. The van der Waals surface area contributed by atoms with E-state index in [0.29, 0.717) is 6.42 Å². The van der Waals surface area contributed by atoms with Crippen LogP contribution in [0.2, 0.25) is 0 Å². The quantitative estimate of drug-likeness (QED) is 0.690. The smallest absolute Gasteiger partial charge is 0.330 e. The van der Waals surface area contributed by atoms with E-state index in [2.05, 4.69) is 0 Å². The number of hydrogen-bond donors (Lipinski definition) is 0. The molecule has 2 saturated heterocycles. The Morgan fingerprint density at radius 1 is 1.32 bits per heavy atom. The molecule has 3 aliphatic rings. The number of carbonyl (C=O) groups is 1. The van der Waals surface area contributed by atoms with Crippen LogP contribution in [0.25, 0.3) is 0 Å². The molecule has 0 aromatic heterocycles. The SMILES string of the molecule is CO[C@@H]1[C@H]2OC(C)(C)O[C@H]2O[C@@H]1[C@H]1CC=CC(=O)O1. The Morgan fingerprint density at radius 3 is 2.79 bits per heavy atom. The maximum Gasteiger partial charge on any atom is 0.330 e. The molecule has 2 fully saturated rings. The summed E-state index contributed by atoms with van der Waals surface area (Å²) in [7, 11) is 1.60. The molecule has 106 valence electrons. The van der Waals surface area contributed by atoms with E-state index >= 15 is 0 Å². The van der Waals surface area contributed by atoms with Crippen molar-refractivity contribution in [1.29, 1.82) is 0 Å². The summed E-state index contributed by atoms with van der Waals surface area (Å²) >= 11 is 0.